The number of rotatable bonds is 11. The molecule has 3 N–H and O–H groups in total. The number of fused-ring (bicyclic) bond motifs is 1. The molecule has 0 unspecified atom stereocenters. The van der Waals surface area contributed by atoms with Crippen LogP contribution in [-0.2, 0) is 11.8 Å². The zero-order valence-corrected chi connectivity index (χ0v) is 27.0. The number of anilines is 4. The Morgan fingerprint density at radius 2 is 1.74 bits per heavy atom. The third-order valence-corrected chi connectivity index (χ3v) is 6.45. The molecule has 10 nitrogen and oxygen atoms in total. The van der Waals surface area contributed by atoms with Crippen molar-refractivity contribution < 1.29 is 14.6 Å². The number of nitrogens with one attached hydrogen (secondary N) is 2. The summed E-state index contributed by atoms with van der Waals surface area (Å²) in [6, 6.07) is 13.7. The molecule has 0 aliphatic heterocycles. The molecular weight excluding hydrogens is 542 g/mol. The van der Waals surface area contributed by atoms with Gasteiger partial charge in [0, 0.05) is 67.7 Å². The Morgan fingerprint density at radius 1 is 1.05 bits per heavy atom. The highest BCUT2D eigenvalue weighted by molar-refractivity contribution is 6.06. The van der Waals surface area contributed by atoms with Crippen LogP contribution < -0.4 is 20.3 Å². The molecule has 0 saturated heterocycles. The van der Waals surface area contributed by atoms with Crippen LogP contribution in [0.4, 0.5) is 23.0 Å². The average Bonchev–Trinajstić information content (AvgIpc) is 3.38. The summed E-state index contributed by atoms with van der Waals surface area (Å²) in [4.78, 5) is 26.0. The van der Waals surface area contributed by atoms with Gasteiger partial charge in [0.25, 0.3) is 5.91 Å². The topological polar surface area (TPSA) is 108 Å². The molecule has 43 heavy (non-hydrogen) atoms. The summed E-state index contributed by atoms with van der Waals surface area (Å²) < 4.78 is 7.78. The molecule has 0 radical (unpaired) electrons. The zero-order chi connectivity index (χ0) is 32.1. The van der Waals surface area contributed by atoms with Gasteiger partial charge in [-0.2, -0.15) is 0 Å². The van der Waals surface area contributed by atoms with Gasteiger partial charge in [-0.05, 0) is 32.3 Å². The van der Waals surface area contributed by atoms with Crippen molar-refractivity contribution in [2.75, 3.05) is 63.5 Å². The van der Waals surface area contributed by atoms with Crippen LogP contribution in [-0.4, -0.2) is 78.4 Å². The summed E-state index contributed by atoms with van der Waals surface area (Å²) in [7, 11) is 9.54. The van der Waals surface area contributed by atoms with Crippen LogP contribution in [0.25, 0.3) is 22.2 Å². The predicted molar refractivity (Wildman–Crippen MR) is 180 cm³/mol. The number of ether oxygens (including phenoxy) is 1. The molecule has 4 aromatic rings. The van der Waals surface area contributed by atoms with Gasteiger partial charge in [0.2, 0.25) is 5.95 Å². The number of aliphatic hydroxyl groups is 1. The summed E-state index contributed by atoms with van der Waals surface area (Å²) in [5.41, 5.74) is 4.81. The highest BCUT2D eigenvalue weighted by atomic mass is 16.5. The quantitative estimate of drug-likeness (QED) is 0.185. The van der Waals surface area contributed by atoms with Crippen LogP contribution >= 0.6 is 0 Å². The number of aromatic nitrogens is 3. The minimum atomic E-state index is -0.468. The highest BCUT2D eigenvalue weighted by Gasteiger charge is 2.18. The Kier molecular flexibility index (Phi) is 13.7. The number of aliphatic hydroxyl groups excluding tert-OH is 1. The molecule has 2 aromatic heterocycles. The molecule has 0 atom stereocenters. The van der Waals surface area contributed by atoms with Crippen LogP contribution in [0, 0.1) is 0 Å². The van der Waals surface area contributed by atoms with E-state index < -0.39 is 12.5 Å². The standard InChI is InChI=1S/C29H35N7O3.2C2H6/c1-19(18-37)28(38)31-23-15-24(27(39-6)16-26(23)35(4)14-13-34(2)3)33-29-30-12-11-22(32-29)21-17-36(5)25-10-8-7-9-20(21)25;2*1-2/h7-12,15-17,37H,1,13-14,18H2,2-6H3,(H,31,38)(H,30,32,33);2*1-2H3. The number of nitrogens with zero attached hydrogens (tertiary/aromatic N) is 5. The minimum absolute atomic E-state index is 0.0633. The summed E-state index contributed by atoms with van der Waals surface area (Å²) in [6.45, 7) is 12.7. The van der Waals surface area contributed by atoms with Crippen molar-refractivity contribution in [1.29, 1.82) is 0 Å². The second-order valence-corrected chi connectivity index (χ2v) is 9.57. The summed E-state index contributed by atoms with van der Waals surface area (Å²) >= 11 is 0. The molecule has 0 bridgehead atoms. The van der Waals surface area contributed by atoms with Crippen LogP contribution in [0.1, 0.15) is 27.7 Å². The maximum absolute atomic E-state index is 12.6. The summed E-state index contributed by atoms with van der Waals surface area (Å²) in [5, 5.41) is 16.6. The lowest BCUT2D eigenvalue weighted by Gasteiger charge is -2.26. The van der Waals surface area contributed by atoms with E-state index in [1.807, 2.05) is 85.1 Å². The molecule has 2 heterocycles. The molecule has 1 amide bonds. The van der Waals surface area contributed by atoms with E-state index in [1.54, 1.807) is 19.4 Å². The molecule has 0 fully saturated rings. The highest BCUT2D eigenvalue weighted by Crippen LogP contribution is 2.38. The molecular formula is C33H47N7O3. The molecule has 10 heteroatoms. The van der Waals surface area contributed by atoms with E-state index in [1.165, 1.54) is 0 Å². The number of aryl methyl sites for hydroxylation is 1. The maximum atomic E-state index is 12.6. The molecule has 4 rings (SSSR count). The number of hydrogen-bond acceptors (Lipinski definition) is 8. The van der Waals surface area contributed by atoms with Crippen LogP contribution in [0.5, 0.6) is 5.75 Å². The van der Waals surface area contributed by atoms with Gasteiger partial charge in [-0.25, -0.2) is 9.97 Å². The number of para-hydroxylation sites is 1. The Morgan fingerprint density at radius 3 is 2.40 bits per heavy atom. The van der Waals surface area contributed by atoms with E-state index in [0.29, 0.717) is 29.6 Å². The first-order valence-corrected chi connectivity index (χ1v) is 14.5. The van der Waals surface area contributed by atoms with Crippen molar-refractivity contribution in [3.8, 4) is 17.0 Å². The predicted octanol–water partition coefficient (Wildman–Crippen LogP) is 5.92. The largest absolute Gasteiger partial charge is 0.494 e. The number of likely N-dealkylation sites (N-methyl/N-ethyl adjacent to an activating group) is 2. The molecule has 232 valence electrons. The van der Waals surface area contributed by atoms with E-state index in [4.69, 9.17) is 9.72 Å². The Hall–Kier alpha value is -4.41. The van der Waals surface area contributed by atoms with E-state index in [9.17, 15) is 9.90 Å². The summed E-state index contributed by atoms with van der Waals surface area (Å²) in [5.74, 6) is 0.467. The first kappa shape index (κ1) is 34.8. The van der Waals surface area contributed by atoms with Gasteiger partial charge in [-0.15, -0.1) is 0 Å². The van der Waals surface area contributed by atoms with Gasteiger partial charge in [0.05, 0.1) is 36.5 Å². The van der Waals surface area contributed by atoms with E-state index in [2.05, 4.69) is 50.0 Å². The fourth-order valence-corrected chi connectivity index (χ4v) is 4.24. The van der Waals surface area contributed by atoms with Gasteiger partial charge in [-0.1, -0.05) is 52.5 Å². The second-order valence-electron chi connectivity index (χ2n) is 9.57. The lowest BCUT2D eigenvalue weighted by atomic mass is 10.1. The normalized spacial score (nSPS) is 10.3. The third kappa shape index (κ3) is 8.79. The van der Waals surface area contributed by atoms with E-state index in [-0.39, 0.29) is 5.57 Å². The minimum Gasteiger partial charge on any atom is -0.494 e. The fraction of sp³-hybridized carbons (Fsp3) is 0.364. The number of carbonyl (C=O) groups excluding carboxylic acids is 1. The van der Waals surface area contributed by atoms with Gasteiger partial charge in [0.1, 0.15) is 5.75 Å². The smallest absolute Gasteiger partial charge is 0.253 e. The molecule has 2 aromatic carbocycles. The number of hydrogen-bond donors (Lipinski definition) is 3. The number of carbonyl (C=O) groups is 1. The Balaban J connectivity index is 0.00000155. The number of methoxy groups -OCH3 is 1. The molecule has 0 aliphatic rings. The monoisotopic (exact) mass is 589 g/mol. The van der Waals surface area contributed by atoms with Crippen molar-refractivity contribution in [3.63, 3.8) is 0 Å². The van der Waals surface area contributed by atoms with E-state index in [0.717, 1.165) is 34.4 Å². The van der Waals surface area contributed by atoms with E-state index >= 15 is 0 Å². The van der Waals surface area contributed by atoms with Gasteiger partial charge < -0.3 is 34.8 Å². The van der Waals surface area contributed by atoms with Crippen LogP contribution in [0.15, 0.2) is 67.0 Å². The average molecular weight is 590 g/mol. The van der Waals surface area contributed by atoms with Crippen molar-refractivity contribution >= 4 is 39.8 Å². The van der Waals surface area contributed by atoms with Crippen molar-refractivity contribution in [2.24, 2.45) is 7.05 Å². The number of benzene rings is 2. The van der Waals surface area contributed by atoms with Crippen molar-refractivity contribution in [3.05, 3.63) is 67.0 Å². The molecule has 0 saturated carbocycles. The maximum Gasteiger partial charge on any atom is 0.253 e. The van der Waals surface area contributed by atoms with Gasteiger partial charge in [-0.3, -0.25) is 4.79 Å². The van der Waals surface area contributed by atoms with Crippen LogP contribution in [0.3, 0.4) is 0 Å². The SMILES string of the molecule is C=C(CO)C(=O)Nc1cc(Nc2nccc(-c3cn(C)c4ccccc34)n2)c(OC)cc1N(C)CCN(C)C.CC.CC. The first-order valence-electron chi connectivity index (χ1n) is 14.5. The fourth-order valence-electron chi connectivity index (χ4n) is 4.24. The number of amides is 1. The zero-order valence-electron chi connectivity index (χ0n) is 27.0. The lowest BCUT2D eigenvalue weighted by Crippen LogP contribution is -2.29. The van der Waals surface area contributed by atoms with Crippen LogP contribution in [0.2, 0.25) is 0 Å². The van der Waals surface area contributed by atoms with Gasteiger partial charge in [0.15, 0.2) is 0 Å². The second kappa shape index (κ2) is 16.9. The first-order chi connectivity index (χ1) is 20.7. The van der Waals surface area contributed by atoms with Gasteiger partial charge >= 0.3 is 0 Å². The molecule has 0 aliphatic carbocycles. The Labute approximate surface area is 256 Å². The third-order valence-electron chi connectivity index (χ3n) is 6.45. The van der Waals surface area contributed by atoms with Crippen molar-refractivity contribution in [1.82, 2.24) is 19.4 Å². The Bertz CT molecular complexity index is 1500. The molecule has 0 spiro atoms. The summed E-state index contributed by atoms with van der Waals surface area (Å²) in [6.07, 6.45) is 3.76. The van der Waals surface area contributed by atoms with Crippen molar-refractivity contribution in [2.45, 2.75) is 27.7 Å². The lowest BCUT2D eigenvalue weighted by molar-refractivity contribution is -0.113.